The zero-order valence-electron chi connectivity index (χ0n) is 11.5. The second kappa shape index (κ2) is 5.80. The average molecular weight is 296 g/mol. The summed E-state index contributed by atoms with van der Waals surface area (Å²) in [5, 5.41) is 7.30. The largest absolute Gasteiger partial charge is 0.384 e. The normalized spacial score (nSPS) is 20.6. The molecule has 20 heavy (non-hydrogen) atoms. The lowest BCUT2D eigenvalue weighted by Gasteiger charge is -2.32. The van der Waals surface area contributed by atoms with Crippen LogP contribution in [0.3, 0.4) is 0 Å². The van der Waals surface area contributed by atoms with Crippen molar-refractivity contribution in [2.75, 3.05) is 11.3 Å². The van der Waals surface area contributed by atoms with E-state index in [2.05, 4.69) is 4.72 Å². The second-order valence-corrected chi connectivity index (χ2v) is 6.68. The number of benzene rings is 1. The molecule has 0 spiro atoms. The molecule has 1 atom stereocenters. The third-order valence-corrected chi connectivity index (χ3v) is 5.15. The fourth-order valence-corrected chi connectivity index (χ4v) is 3.85. The highest BCUT2D eigenvalue weighted by atomic mass is 32.2. The molecule has 0 saturated carbocycles. The van der Waals surface area contributed by atoms with Crippen LogP contribution in [0.25, 0.3) is 0 Å². The zero-order valence-corrected chi connectivity index (χ0v) is 12.3. The lowest BCUT2D eigenvalue weighted by Crippen LogP contribution is -2.44. The molecular weight excluding hydrogens is 276 g/mol. The van der Waals surface area contributed by atoms with E-state index in [1.54, 1.807) is 24.3 Å². The summed E-state index contributed by atoms with van der Waals surface area (Å²) in [6.07, 6.45) is 2.86. The van der Waals surface area contributed by atoms with E-state index in [4.69, 9.17) is 11.1 Å². The van der Waals surface area contributed by atoms with E-state index in [1.165, 1.54) is 4.31 Å². The highest BCUT2D eigenvalue weighted by molar-refractivity contribution is 7.90. The first-order valence-corrected chi connectivity index (χ1v) is 8.08. The number of amidine groups is 1. The molecule has 0 bridgehead atoms. The maximum absolute atomic E-state index is 12.3. The Hall–Kier alpha value is -1.60. The summed E-state index contributed by atoms with van der Waals surface area (Å²) < 4.78 is 28.7. The summed E-state index contributed by atoms with van der Waals surface area (Å²) in [5.41, 5.74) is 6.41. The van der Waals surface area contributed by atoms with E-state index in [0.29, 0.717) is 17.8 Å². The van der Waals surface area contributed by atoms with Crippen molar-refractivity contribution in [3.8, 4) is 0 Å². The molecule has 1 aliphatic rings. The van der Waals surface area contributed by atoms with E-state index in [-0.39, 0.29) is 11.9 Å². The van der Waals surface area contributed by atoms with Crippen LogP contribution in [0.5, 0.6) is 0 Å². The lowest BCUT2D eigenvalue weighted by atomic mass is 10.1. The van der Waals surface area contributed by atoms with Crippen molar-refractivity contribution in [3.63, 3.8) is 0 Å². The number of hydrogen-bond acceptors (Lipinski definition) is 3. The van der Waals surface area contributed by atoms with Gasteiger partial charge in [-0.15, -0.1) is 0 Å². The van der Waals surface area contributed by atoms with Crippen molar-refractivity contribution in [1.82, 2.24) is 4.31 Å². The number of nitrogen functional groups attached to an aromatic ring is 1. The van der Waals surface area contributed by atoms with Crippen molar-refractivity contribution in [3.05, 3.63) is 29.8 Å². The Balaban J connectivity index is 2.13. The standard InChI is InChI=1S/C13H20N4O2S/c1-10-4-2-3-9-17(10)20(18,19)16-12-7-5-11(6-8-12)13(14)15/h5-8,10,16H,2-4,9H2,1H3,(H3,14,15). The number of piperidine rings is 1. The van der Waals surface area contributed by atoms with Gasteiger partial charge in [-0.1, -0.05) is 6.42 Å². The molecule has 6 nitrogen and oxygen atoms in total. The SMILES string of the molecule is CC1CCCCN1S(=O)(=O)Nc1ccc(C(=N)N)cc1. The van der Waals surface area contributed by atoms with Crippen LogP contribution in [-0.4, -0.2) is 31.1 Å². The lowest BCUT2D eigenvalue weighted by molar-refractivity contribution is 0.270. The van der Waals surface area contributed by atoms with Crippen LogP contribution in [0, 0.1) is 5.41 Å². The third kappa shape index (κ3) is 3.29. The zero-order chi connectivity index (χ0) is 14.8. The molecule has 1 heterocycles. The van der Waals surface area contributed by atoms with Crippen LogP contribution >= 0.6 is 0 Å². The topological polar surface area (TPSA) is 99.3 Å². The van der Waals surface area contributed by atoms with Gasteiger partial charge in [-0.3, -0.25) is 10.1 Å². The van der Waals surface area contributed by atoms with Gasteiger partial charge in [-0.05, 0) is 44.0 Å². The van der Waals surface area contributed by atoms with Gasteiger partial charge >= 0.3 is 10.2 Å². The summed E-state index contributed by atoms with van der Waals surface area (Å²) in [6, 6.07) is 6.50. The number of anilines is 1. The number of hydrogen-bond donors (Lipinski definition) is 3. The molecule has 7 heteroatoms. The van der Waals surface area contributed by atoms with Crippen molar-refractivity contribution >= 4 is 21.7 Å². The summed E-state index contributed by atoms with van der Waals surface area (Å²) in [6.45, 7) is 2.49. The number of nitrogens with two attached hydrogens (primary N) is 1. The molecule has 1 unspecified atom stereocenters. The Kier molecular flexibility index (Phi) is 4.29. The van der Waals surface area contributed by atoms with Crippen molar-refractivity contribution in [1.29, 1.82) is 5.41 Å². The molecule has 4 N–H and O–H groups in total. The third-order valence-electron chi connectivity index (χ3n) is 3.49. The van der Waals surface area contributed by atoms with Crippen LogP contribution in [0.1, 0.15) is 31.7 Å². The van der Waals surface area contributed by atoms with Gasteiger partial charge in [0.15, 0.2) is 0 Å². The molecule has 0 radical (unpaired) electrons. The van der Waals surface area contributed by atoms with Gasteiger partial charge in [0.1, 0.15) is 5.84 Å². The number of rotatable bonds is 4. The minimum Gasteiger partial charge on any atom is -0.384 e. The van der Waals surface area contributed by atoms with E-state index >= 15 is 0 Å². The summed E-state index contributed by atoms with van der Waals surface area (Å²) in [4.78, 5) is 0. The van der Waals surface area contributed by atoms with Gasteiger partial charge in [-0.25, -0.2) is 0 Å². The van der Waals surface area contributed by atoms with E-state index in [0.717, 1.165) is 19.3 Å². The predicted octanol–water partition coefficient (Wildman–Crippen LogP) is 1.50. The molecule has 0 aliphatic carbocycles. The van der Waals surface area contributed by atoms with E-state index in [1.807, 2.05) is 6.92 Å². The van der Waals surface area contributed by atoms with Crippen molar-refractivity contribution in [2.45, 2.75) is 32.2 Å². The molecule has 1 saturated heterocycles. The molecular formula is C13H20N4O2S. The number of nitrogens with one attached hydrogen (secondary N) is 2. The van der Waals surface area contributed by atoms with Gasteiger partial charge in [0, 0.05) is 23.8 Å². The Morgan fingerprint density at radius 2 is 2.00 bits per heavy atom. The first kappa shape index (κ1) is 14.8. The fourth-order valence-electron chi connectivity index (χ4n) is 2.35. The quantitative estimate of drug-likeness (QED) is 0.580. The van der Waals surface area contributed by atoms with Crippen LogP contribution < -0.4 is 10.5 Å². The Morgan fingerprint density at radius 1 is 1.35 bits per heavy atom. The van der Waals surface area contributed by atoms with E-state index < -0.39 is 10.2 Å². The highest BCUT2D eigenvalue weighted by Gasteiger charge is 2.29. The van der Waals surface area contributed by atoms with Gasteiger partial charge in [-0.2, -0.15) is 12.7 Å². The molecule has 110 valence electrons. The summed E-state index contributed by atoms with van der Waals surface area (Å²) in [5.74, 6) is -0.0379. The van der Waals surface area contributed by atoms with Crippen LogP contribution in [-0.2, 0) is 10.2 Å². The second-order valence-electron chi connectivity index (χ2n) is 5.05. The first-order chi connectivity index (χ1) is 9.40. The molecule has 1 aromatic carbocycles. The van der Waals surface area contributed by atoms with E-state index in [9.17, 15) is 8.42 Å². The molecule has 2 rings (SSSR count). The molecule has 0 amide bonds. The van der Waals surface area contributed by atoms with Crippen molar-refractivity contribution in [2.24, 2.45) is 5.73 Å². The molecule has 1 fully saturated rings. The molecule has 1 aromatic rings. The van der Waals surface area contributed by atoms with Gasteiger partial charge in [0.2, 0.25) is 0 Å². The number of nitrogens with zero attached hydrogens (tertiary/aromatic N) is 1. The van der Waals surface area contributed by atoms with Gasteiger partial charge < -0.3 is 5.73 Å². The first-order valence-electron chi connectivity index (χ1n) is 6.64. The van der Waals surface area contributed by atoms with Crippen LogP contribution in [0.2, 0.25) is 0 Å². The molecule has 1 aliphatic heterocycles. The maximum Gasteiger partial charge on any atom is 0.301 e. The minimum absolute atomic E-state index is 0.0257. The van der Waals surface area contributed by atoms with Gasteiger partial charge in [0.25, 0.3) is 0 Å². The summed E-state index contributed by atoms with van der Waals surface area (Å²) in [7, 11) is -3.52. The van der Waals surface area contributed by atoms with Crippen LogP contribution in [0.4, 0.5) is 5.69 Å². The average Bonchev–Trinajstić information content (AvgIpc) is 2.39. The van der Waals surface area contributed by atoms with Gasteiger partial charge in [0.05, 0.1) is 0 Å². The Morgan fingerprint density at radius 3 is 2.55 bits per heavy atom. The fraction of sp³-hybridized carbons (Fsp3) is 0.462. The maximum atomic E-state index is 12.3. The smallest absolute Gasteiger partial charge is 0.301 e. The Bertz CT molecular complexity index is 583. The van der Waals surface area contributed by atoms with Crippen LogP contribution in [0.15, 0.2) is 24.3 Å². The van der Waals surface area contributed by atoms with Crippen molar-refractivity contribution < 1.29 is 8.42 Å². The Labute approximate surface area is 119 Å². The summed E-state index contributed by atoms with van der Waals surface area (Å²) >= 11 is 0. The monoisotopic (exact) mass is 296 g/mol. The predicted molar refractivity (Wildman–Crippen MR) is 80.0 cm³/mol. The minimum atomic E-state index is -3.52. The highest BCUT2D eigenvalue weighted by Crippen LogP contribution is 2.21. The molecule has 0 aromatic heterocycles.